The predicted molar refractivity (Wildman–Crippen MR) is 312 cm³/mol. The highest BCUT2D eigenvalue weighted by atomic mass is 14.3. The first-order valence-corrected chi connectivity index (χ1v) is 26.6. The first-order valence-electron chi connectivity index (χ1n) is 26.6. The van der Waals surface area contributed by atoms with E-state index in [-0.39, 0.29) is 21.7 Å². The van der Waals surface area contributed by atoms with Gasteiger partial charge in [0.2, 0.25) is 0 Å². The molecule has 364 valence electrons. The second-order valence-electron chi connectivity index (χ2n) is 26.2. The highest BCUT2D eigenvalue weighted by Crippen LogP contribution is 2.56. The molecule has 0 saturated carbocycles. The fourth-order valence-corrected chi connectivity index (χ4v) is 11.1. The predicted octanol–water partition coefficient (Wildman–Crippen LogP) is 21.5. The molecule has 0 radical (unpaired) electrons. The van der Waals surface area contributed by atoms with Crippen molar-refractivity contribution >= 4 is 32.3 Å². The summed E-state index contributed by atoms with van der Waals surface area (Å²) < 4.78 is 0. The summed E-state index contributed by atoms with van der Waals surface area (Å²) in [6, 6.07) is 49.2. The highest BCUT2D eigenvalue weighted by Gasteiger charge is 2.30. The molecule has 0 aliphatic carbocycles. The lowest BCUT2D eigenvalue weighted by atomic mass is 9.74. The third kappa shape index (κ3) is 9.42. The van der Waals surface area contributed by atoms with Crippen molar-refractivity contribution in [2.45, 2.75) is 184 Å². The van der Waals surface area contributed by atoms with E-state index in [2.05, 4.69) is 260 Å². The first-order chi connectivity index (χ1) is 32.6. The molecule has 0 heterocycles. The average Bonchev–Trinajstić information content (AvgIpc) is 3.28. The van der Waals surface area contributed by atoms with Crippen molar-refractivity contribution in [3.63, 3.8) is 0 Å². The topological polar surface area (TPSA) is 0 Å². The van der Waals surface area contributed by atoms with E-state index in [0.717, 1.165) is 0 Å². The summed E-state index contributed by atoms with van der Waals surface area (Å²) in [6.45, 7) is 47.0. The Morgan fingerprint density at radius 1 is 0.243 bits per heavy atom. The number of fused-ring (bicyclic) bond motifs is 3. The molecule has 0 amide bonds. The van der Waals surface area contributed by atoms with E-state index in [4.69, 9.17) is 0 Å². The van der Waals surface area contributed by atoms with E-state index in [9.17, 15) is 0 Å². The zero-order chi connectivity index (χ0) is 51.2. The zero-order valence-electron chi connectivity index (χ0n) is 46.9. The molecule has 0 fully saturated rings. The van der Waals surface area contributed by atoms with Crippen molar-refractivity contribution in [1.82, 2.24) is 0 Å². The van der Waals surface area contributed by atoms with Gasteiger partial charge in [-0.15, -0.1) is 0 Å². The molecule has 0 bridgehead atoms. The Labute approximate surface area is 424 Å². The van der Waals surface area contributed by atoms with Gasteiger partial charge in [-0.1, -0.05) is 236 Å². The maximum atomic E-state index is 2.62. The Morgan fingerprint density at radius 3 is 0.529 bits per heavy atom. The van der Waals surface area contributed by atoms with Gasteiger partial charge in [-0.2, -0.15) is 0 Å². The van der Waals surface area contributed by atoms with E-state index < -0.39 is 0 Å². The van der Waals surface area contributed by atoms with Crippen LogP contribution in [0.15, 0.2) is 121 Å². The number of benzene rings is 8. The van der Waals surface area contributed by atoms with Crippen molar-refractivity contribution < 1.29 is 0 Å². The molecule has 8 aromatic carbocycles. The van der Waals surface area contributed by atoms with Gasteiger partial charge in [0, 0.05) is 0 Å². The fourth-order valence-electron chi connectivity index (χ4n) is 11.1. The van der Waals surface area contributed by atoms with E-state index in [1.807, 2.05) is 0 Å². The summed E-state index contributed by atoms with van der Waals surface area (Å²) in [6.07, 6.45) is 0. The Hall–Kier alpha value is -5.46. The quantitative estimate of drug-likeness (QED) is 0.133. The smallest absolute Gasteiger partial charge is 0.000139 e. The molecule has 0 unspecified atom stereocenters. The lowest BCUT2D eigenvalue weighted by molar-refractivity contribution is 0.590. The van der Waals surface area contributed by atoms with Gasteiger partial charge in [0.15, 0.2) is 0 Å². The molecule has 0 atom stereocenters. The van der Waals surface area contributed by atoms with E-state index >= 15 is 0 Å². The van der Waals surface area contributed by atoms with Crippen molar-refractivity contribution in [1.29, 1.82) is 0 Å². The first kappa shape index (κ1) is 50.9. The lowest BCUT2D eigenvalue weighted by Gasteiger charge is -2.29. The Morgan fingerprint density at radius 2 is 0.400 bits per heavy atom. The Balaban J connectivity index is 1.79. The minimum atomic E-state index is 0.0205. The molecule has 8 aromatic rings. The van der Waals surface area contributed by atoms with Gasteiger partial charge >= 0.3 is 0 Å². The summed E-state index contributed by atoms with van der Waals surface area (Å²) in [5.41, 5.74) is 21.5. The summed E-state index contributed by atoms with van der Waals surface area (Å²) in [5.74, 6) is 1.40. The van der Waals surface area contributed by atoms with Crippen molar-refractivity contribution in [2.24, 2.45) is 0 Å². The monoisotopic (exact) mass is 925 g/mol. The van der Waals surface area contributed by atoms with Crippen LogP contribution in [0.2, 0.25) is 0 Å². The third-order valence-electron chi connectivity index (χ3n) is 15.4. The SMILES string of the molecule is CC(C)c1cc2c(-c3ccc(C(C)(C)C)cc3)c3c(-c4ccc(C(C)(C)C)cc4)c4cc(C(C)C)c(C(C)C)cc4c(-c4ccc(C(C)(C)C)cc4)c3c(-c3ccc(C(C)(C)C)cc3)c2cc1C(C)C. The summed E-state index contributed by atoms with van der Waals surface area (Å²) in [4.78, 5) is 0. The molecule has 8 rings (SSSR count). The normalized spacial score (nSPS) is 13.1. The largest absolute Gasteiger partial charge is 0.0587 e. The molecule has 0 N–H and O–H groups in total. The van der Waals surface area contributed by atoms with Crippen molar-refractivity contribution in [3.8, 4) is 44.5 Å². The molecule has 0 saturated heterocycles. The molecule has 0 spiro atoms. The van der Waals surface area contributed by atoms with Crippen LogP contribution in [0.3, 0.4) is 0 Å². The van der Waals surface area contributed by atoms with Crippen LogP contribution in [0.4, 0.5) is 0 Å². The van der Waals surface area contributed by atoms with Crippen LogP contribution in [-0.2, 0) is 21.7 Å². The third-order valence-corrected chi connectivity index (χ3v) is 15.4. The molecular weight excluding hydrogens is 841 g/mol. The second kappa shape index (κ2) is 18.3. The molecule has 0 aliphatic rings. The van der Waals surface area contributed by atoms with Gasteiger partial charge in [0.05, 0.1) is 0 Å². The minimum absolute atomic E-state index is 0.0205. The summed E-state index contributed by atoms with van der Waals surface area (Å²) in [7, 11) is 0. The van der Waals surface area contributed by atoms with Gasteiger partial charge in [-0.25, -0.2) is 0 Å². The maximum Gasteiger partial charge on any atom is -0.000139 e. The van der Waals surface area contributed by atoms with E-state index in [1.54, 1.807) is 0 Å². The maximum absolute atomic E-state index is 2.62. The molecule has 0 nitrogen and oxygen atoms in total. The van der Waals surface area contributed by atoms with Gasteiger partial charge in [0.1, 0.15) is 0 Å². The van der Waals surface area contributed by atoms with Crippen molar-refractivity contribution in [3.05, 3.63) is 166 Å². The molecule has 0 heteroatoms. The van der Waals surface area contributed by atoms with Gasteiger partial charge < -0.3 is 0 Å². The van der Waals surface area contributed by atoms with Crippen LogP contribution in [0.5, 0.6) is 0 Å². The molecule has 0 aliphatic heterocycles. The van der Waals surface area contributed by atoms with Crippen LogP contribution >= 0.6 is 0 Å². The van der Waals surface area contributed by atoms with Crippen LogP contribution in [0.25, 0.3) is 76.8 Å². The standard InChI is InChI=1S/C70H84/c1-41(2)53-37-57-58(38-54(53)42(3)4)62(46-23-31-50(32-24-46)68(12,13)14)66-64(48-27-35-52(36-28-48)70(18,19)20)60-40-56(44(7)8)55(43(5)6)39-59(60)63(47-25-33-51(34-26-47)69(15,16)17)65(66)61(57)45-21-29-49(30-22-45)67(9,10)11/h21-44H,1-20H3. The second-order valence-corrected chi connectivity index (χ2v) is 26.2. The number of hydrogen-bond donors (Lipinski definition) is 0. The number of hydrogen-bond acceptors (Lipinski definition) is 0. The summed E-state index contributed by atoms with van der Waals surface area (Å²) in [5, 5.41) is 7.95. The zero-order valence-corrected chi connectivity index (χ0v) is 46.9. The van der Waals surface area contributed by atoms with Gasteiger partial charge in [0.25, 0.3) is 0 Å². The molecular formula is C70H84. The molecule has 0 aromatic heterocycles. The van der Waals surface area contributed by atoms with E-state index in [1.165, 1.54) is 121 Å². The fraction of sp³-hybridized carbons (Fsp3) is 0.400. The average molecular weight is 925 g/mol. The molecule has 70 heavy (non-hydrogen) atoms. The minimum Gasteiger partial charge on any atom is -0.0587 e. The summed E-state index contributed by atoms with van der Waals surface area (Å²) >= 11 is 0. The van der Waals surface area contributed by atoms with Crippen LogP contribution in [-0.4, -0.2) is 0 Å². The Bertz CT molecular complexity index is 2770. The lowest BCUT2D eigenvalue weighted by Crippen LogP contribution is -2.11. The highest BCUT2D eigenvalue weighted by molar-refractivity contribution is 6.34. The van der Waals surface area contributed by atoms with E-state index in [0.29, 0.717) is 23.7 Å². The van der Waals surface area contributed by atoms with Gasteiger partial charge in [-0.3, -0.25) is 0 Å². The number of rotatable bonds is 8. The van der Waals surface area contributed by atoms with Crippen molar-refractivity contribution in [2.75, 3.05) is 0 Å². The van der Waals surface area contributed by atoms with Crippen LogP contribution in [0, 0.1) is 0 Å². The van der Waals surface area contributed by atoms with Gasteiger partial charge in [-0.05, 0) is 191 Å². The Kier molecular flexibility index (Phi) is 13.3. The van der Waals surface area contributed by atoms with Crippen LogP contribution < -0.4 is 0 Å². The van der Waals surface area contributed by atoms with Crippen LogP contribution in [0.1, 0.15) is 207 Å².